The maximum absolute atomic E-state index is 13.6. The summed E-state index contributed by atoms with van der Waals surface area (Å²) in [5.41, 5.74) is 7.26. The van der Waals surface area contributed by atoms with Crippen LogP contribution in [0, 0.1) is 12.7 Å². The Morgan fingerprint density at radius 3 is 2.78 bits per heavy atom. The van der Waals surface area contributed by atoms with Crippen molar-refractivity contribution in [1.82, 2.24) is 4.98 Å². The van der Waals surface area contributed by atoms with Crippen LogP contribution in [0.5, 0.6) is 0 Å². The molecule has 0 saturated heterocycles. The standard InChI is InChI=1S/C20H17FN2/c1-13-11-16(4-6-18(13)21)20-17(3-2-9-23-20)14-5-7-19-15(12-14)8-10-22-19/h2-7,9,11-12,22H,8,10H2,1H3. The second-order valence-electron chi connectivity index (χ2n) is 5.91. The van der Waals surface area contributed by atoms with Crippen molar-refractivity contribution in [3.05, 3.63) is 71.7 Å². The van der Waals surface area contributed by atoms with E-state index < -0.39 is 0 Å². The van der Waals surface area contributed by atoms with E-state index in [0.717, 1.165) is 35.3 Å². The van der Waals surface area contributed by atoms with Crippen LogP contribution in [-0.2, 0) is 6.42 Å². The molecule has 1 aliphatic heterocycles. The summed E-state index contributed by atoms with van der Waals surface area (Å²) in [6, 6.07) is 15.7. The van der Waals surface area contributed by atoms with Crippen molar-refractivity contribution in [2.75, 3.05) is 11.9 Å². The topological polar surface area (TPSA) is 24.9 Å². The molecule has 1 aliphatic rings. The number of pyridine rings is 1. The third kappa shape index (κ3) is 2.48. The van der Waals surface area contributed by atoms with Crippen LogP contribution < -0.4 is 5.32 Å². The molecule has 0 saturated carbocycles. The molecule has 0 aliphatic carbocycles. The highest BCUT2D eigenvalue weighted by Crippen LogP contribution is 2.34. The molecule has 23 heavy (non-hydrogen) atoms. The Balaban J connectivity index is 1.85. The van der Waals surface area contributed by atoms with Gasteiger partial charge in [0.25, 0.3) is 0 Å². The number of nitrogens with one attached hydrogen (secondary N) is 1. The highest BCUT2D eigenvalue weighted by Gasteiger charge is 2.14. The molecule has 1 aromatic heterocycles. The van der Waals surface area contributed by atoms with Gasteiger partial charge >= 0.3 is 0 Å². The van der Waals surface area contributed by atoms with Crippen molar-refractivity contribution in [2.24, 2.45) is 0 Å². The normalized spacial score (nSPS) is 12.8. The molecule has 0 amide bonds. The molecule has 3 aromatic rings. The van der Waals surface area contributed by atoms with Crippen molar-refractivity contribution in [1.29, 1.82) is 0 Å². The van der Waals surface area contributed by atoms with Gasteiger partial charge in [0.1, 0.15) is 5.82 Å². The first-order valence-electron chi connectivity index (χ1n) is 7.81. The molecule has 2 nitrogen and oxygen atoms in total. The summed E-state index contributed by atoms with van der Waals surface area (Å²) in [6.45, 7) is 2.78. The summed E-state index contributed by atoms with van der Waals surface area (Å²) in [6.07, 6.45) is 2.83. The largest absolute Gasteiger partial charge is 0.384 e. The summed E-state index contributed by atoms with van der Waals surface area (Å²) in [7, 11) is 0. The fourth-order valence-corrected chi connectivity index (χ4v) is 3.13. The Morgan fingerprint density at radius 1 is 1.04 bits per heavy atom. The third-order valence-corrected chi connectivity index (χ3v) is 4.37. The lowest BCUT2D eigenvalue weighted by Crippen LogP contribution is -1.92. The Bertz CT molecular complexity index is 887. The number of fused-ring (bicyclic) bond motifs is 1. The van der Waals surface area contributed by atoms with Crippen LogP contribution in [0.3, 0.4) is 0 Å². The van der Waals surface area contributed by atoms with Gasteiger partial charge < -0.3 is 5.32 Å². The number of anilines is 1. The molecular weight excluding hydrogens is 287 g/mol. The van der Waals surface area contributed by atoms with Crippen molar-refractivity contribution >= 4 is 5.69 Å². The van der Waals surface area contributed by atoms with Crippen molar-refractivity contribution in [2.45, 2.75) is 13.3 Å². The molecule has 0 atom stereocenters. The van der Waals surface area contributed by atoms with Crippen LogP contribution in [0.1, 0.15) is 11.1 Å². The first-order chi connectivity index (χ1) is 11.2. The van der Waals surface area contributed by atoms with E-state index in [1.807, 2.05) is 12.1 Å². The first kappa shape index (κ1) is 13.9. The van der Waals surface area contributed by atoms with E-state index in [2.05, 4.69) is 34.6 Å². The minimum Gasteiger partial charge on any atom is -0.384 e. The predicted octanol–water partition coefficient (Wildman–Crippen LogP) is 4.83. The lowest BCUT2D eigenvalue weighted by Gasteiger charge is -2.11. The van der Waals surface area contributed by atoms with Crippen molar-refractivity contribution < 1.29 is 4.39 Å². The lowest BCUT2D eigenvalue weighted by molar-refractivity contribution is 0.619. The number of nitrogens with zero attached hydrogens (tertiary/aromatic N) is 1. The van der Waals surface area contributed by atoms with Crippen LogP contribution in [0.2, 0.25) is 0 Å². The predicted molar refractivity (Wildman–Crippen MR) is 92.0 cm³/mol. The number of rotatable bonds is 2. The molecule has 0 unspecified atom stereocenters. The Morgan fingerprint density at radius 2 is 1.91 bits per heavy atom. The molecule has 4 rings (SSSR count). The molecular formula is C20H17FN2. The van der Waals surface area contributed by atoms with Gasteiger partial charge in [-0.15, -0.1) is 0 Å². The SMILES string of the molecule is Cc1cc(-c2ncccc2-c2ccc3c(c2)CCN3)ccc1F. The number of aromatic nitrogens is 1. The van der Waals surface area contributed by atoms with Gasteiger partial charge in [0.15, 0.2) is 0 Å². The molecule has 0 bridgehead atoms. The number of hydrogen-bond acceptors (Lipinski definition) is 2. The summed E-state index contributed by atoms with van der Waals surface area (Å²) in [5.74, 6) is -0.185. The molecule has 0 spiro atoms. The molecule has 2 aromatic carbocycles. The van der Waals surface area contributed by atoms with Gasteiger partial charge in [-0.2, -0.15) is 0 Å². The van der Waals surface area contributed by atoms with E-state index in [0.29, 0.717) is 5.56 Å². The second-order valence-corrected chi connectivity index (χ2v) is 5.91. The number of hydrogen-bond donors (Lipinski definition) is 1. The van der Waals surface area contributed by atoms with E-state index in [1.165, 1.54) is 17.3 Å². The summed E-state index contributed by atoms with van der Waals surface area (Å²) < 4.78 is 13.6. The van der Waals surface area contributed by atoms with E-state index >= 15 is 0 Å². The minimum atomic E-state index is -0.185. The van der Waals surface area contributed by atoms with Gasteiger partial charge in [-0.3, -0.25) is 4.98 Å². The summed E-state index contributed by atoms with van der Waals surface area (Å²) in [4.78, 5) is 4.55. The van der Waals surface area contributed by atoms with Gasteiger partial charge in [-0.25, -0.2) is 4.39 Å². The summed E-state index contributed by atoms with van der Waals surface area (Å²) in [5, 5.41) is 3.38. The first-order valence-corrected chi connectivity index (χ1v) is 7.81. The number of aryl methyl sites for hydroxylation is 1. The van der Waals surface area contributed by atoms with Crippen LogP contribution in [0.25, 0.3) is 22.4 Å². The summed E-state index contributed by atoms with van der Waals surface area (Å²) >= 11 is 0. The van der Waals surface area contributed by atoms with E-state index in [9.17, 15) is 4.39 Å². The zero-order chi connectivity index (χ0) is 15.8. The zero-order valence-corrected chi connectivity index (χ0v) is 12.9. The zero-order valence-electron chi connectivity index (χ0n) is 12.9. The highest BCUT2D eigenvalue weighted by atomic mass is 19.1. The number of benzene rings is 2. The Labute approximate surface area is 135 Å². The maximum Gasteiger partial charge on any atom is 0.126 e. The Hall–Kier alpha value is -2.68. The molecule has 2 heterocycles. The average molecular weight is 304 g/mol. The highest BCUT2D eigenvalue weighted by molar-refractivity contribution is 5.82. The monoisotopic (exact) mass is 304 g/mol. The molecule has 3 heteroatoms. The average Bonchev–Trinajstić information content (AvgIpc) is 3.05. The quantitative estimate of drug-likeness (QED) is 0.733. The fraction of sp³-hybridized carbons (Fsp3) is 0.150. The van der Waals surface area contributed by atoms with Crippen LogP contribution in [0.4, 0.5) is 10.1 Å². The van der Waals surface area contributed by atoms with E-state index in [4.69, 9.17) is 0 Å². The lowest BCUT2D eigenvalue weighted by atomic mass is 9.96. The second kappa shape index (κ2) is 5.51. The van der Waals surface area contributed by atoms with Gasteiger partial charge in [0.05, 0.1) is 5.69 Å². The molecule has 1 N–H and O–H groups in total. The van der Waals surface area contributed by atoms with E-state index in [-0.39, 0.29) is 5.82 Å². The minimum absolute atomic E-state index is 0.185. The molecule has 0 fully saturated rings. The fourth-order valence-electron chi connectivity index (χ4n) is 3.13. The smallest absolute Gasteiger partial charge is 0.126 e. The van der Waals surface area contributed by atoms with Crippen molar-refractivity contribution in [3.63, 3.8) is 0 Å². The van der Waals surface area contributed by atoms with Gasteiger partial charge in [0, 0.05) is 29.6 Å². The van der Waals surface area contributed by atoms with E-state index in [1.54, 1.807) is 19.2 Å². The number of halogens is 1. The third-order valence-electron chi connectivity index (χ3n) is 4.37. The van der Waals surface area contributed by atoms with Crippen LogP contribution >= 0.6 is 0 Å². The van der Waals surface area contributed by atoms with Gasteiger partial charge in [-0.05, 0) is 66.4 Å². The van der Waals surface area contributed by atoms with Crippen molar-refractivity contribution in [3.8, 4) is 22.4 Å². The van der Waals surface area contributed by atoms with Gasteiger partial charge in [-0.1, -0.05) is 12.1 Å². The van der Waals surface area contributed by atoms with Crippen LogP contribution in [-0.4, -0.2) is 11.5 Å². The molecule has 0 radical (unpaired) electrons. The Kier molecular flexibility index (Phi) is 3.34. The maximum atomic E-state index is 13.6. The van der Waals surface area contributed by atoms with Crippen LogP contribution in [0.15, 0.2) is 54.7 Å². The van der Waals surface area contributed by atoms with Gasteiger partial charge in [0.2, 0.25) is 0 Å². The molecule has 114 valence electrons.